The predicted octanol–water partition coefficient (Wildman–Crippen LogP) is 0.174. The Morgan fingerprint density at radius 2 is 2.38 bits per heavy atom. The molecule has 0 N–H and O–H groups in total. The summed E-state index contributed by atoms with van der Waals surface area (Å²) in [4.78, 5) is 12.2. The molecular weight excluding hydrogens is 278 g/mol. The van der Waals surface area contributed by atoms with Crippen LogP contribution in [0.15, 0.2) is 0 Å². The van der Waals surface area contributed by atoms with E-state index in [4.69, 9.17) is 5.53 Å². The maximum Gasteiger partial charge on any atom is 0.158 e. The van der Waals surface area contributed by atoms with E-state index in [1.165, 1.54) is 6.29 Å². The third-order valence-corrected chi connectivity index (χ3v) is 0.573. The van der Waals surface area contributed by atoms with E-state index in [-0.39, 0.29) is 26.1 Å². The quantitative estimate of drug-likeness (QED) is 0.308. The first-order chi connectivity index (χ1) is 3.35. The molecule has 0 fully saturated rings. The maximum absolute atomic E-state index is 9.55. The van der Waals surface area contributed by atoms with E-state index in [1.807, 2.05) is 0 Å². The standard InChI is InChI=1S/C4H5N2O.Re/c1-2-4(3-7)6-5;/h2H2,1H3;/q-1;. The zero-order valence-electron chi connectivity index (χ0n) is 4.39. The average molecular weight is 283 g/mol. The van der Waals surface area contributed by atoms with Gasteiger partial charge in [-0.05, 0) is 0 Å². The van der Waals surface area contributed by atoms with Gasteiger partial charge >= 0.3 is 0 Å². The van der Waals surface area contributed by atoms with E-state index in [1.54, 1.807) is 6.92 Å². The van der Waals surface area contributed by atoms with Crippen LogP contribution < -0.4 is 0 Å². The minimum Gasteiger partial charge on any atom is -0.530 e. The van der Waals surface area contributed by atoms with Crippen molar-refractivity contribution >= 4 is 12.0 Å². The molecule has 0 bridgehead atoms. The van der Waals surface area contributed by atoms with Gasteiger partial charge in [-0.15, -0.1) is 0 Å². The summed E-state index contributed by atoms with van der Waals surface area (Å²) in [5.74, 6) is 0. The van der Waals surface area contributed by atoms with Crippen LogP contribution in [0.5, 0.6) is 0 Å². The average Bonchev–Trinajstić information content (AvgIpc) is 1.72. The van der Waals surface area contributed by atoms with E-state index in [2.05, 4.69) is 4.79 Å². The Morgan fingerprint density at radius 1 is 1.88 bits per heavy atom. The van der Waals surface area contributed by atoms with Crippen molar-refractivity contribution in [2.24, 2.45) is 0 Å². The first-order valence-electron chi connectivity index (χ1n) is 1.94. The van der Waals surface area contributed by atoms with Gasteiger partial charge in [-0.1, -0.05) is 6.92 Å². The molecule has 0 aromatic carbocycles. The van der Waals surface area contributed by atoms with Gasteiger partial charge in [0.2, 0.25) is 0 Å². The molecule has 0 atom stereocenters. The van der Waals surface area contributed by atoms with Gasteiger partial charge in [0.05, 0.1) is 0 Å². The number of rotatable bonds is 2. The Kier molecular flexibility index (Phi) is 8.93. The molecule has 0 aliphatic carbocycles. The predicted molar refractivity (Wildman–Crippen MR) is 24.6 cm³/mol. The summed E-state index contributed by atoms with van der Waals surface area (Å²) in [7, 11) is 0. The summed E-state index contributed by atoms with van der Waals surface area (Å²) >= 11 is 0. The monoisotopic (exact) mass is 284 g/mol. The summed E-state index contributed by atoms with van der Waals surface area (Å²) in [6.07, 6.45) is 1.88. The van der Waals surface area contributed by atoms with Crippen molar-refractivity contribution in [3.8, 4) is 0 Å². The smallest absolute Gasteiger partial charge is 0.158 e. The van der Waals surface area contributed by atoms with Gasteiger partial charge in [0.1, 0.15) is 0 Å². The molecule has 0 aromatic heterocycles. The fourth-order valence-corrected chi connectivity index (χ4v) is 0.163. The topological polar surface area (TPSA) is 53.5 Å². The number of hydrogen-bond donors (Lipinski definition) is 0. The summed E-state index contributed by atoms with van der Waals surface area (Å²) in [5, 5.41) is 0. The van der Waals surface area contributed by atoms with Crippen LogP contribution in [0.3, 0.4) is 0 Å². The van der Waals surface area contributed by atoms with Crippen LogP contribution in [0, 0.1) is 0 Å². The summed E-state index contributed by atoms with van der Waals surface area (Å²) < 4.78 is 0. The number of nitrogens with zero attached hydrogens (tertiary/aromatic N) is 2. The molecule has 45 valence electrons. The van der Waals surface area contributed by atoms with Crippen molar-refractivity contribution in [1.82, 2.24) is 0 Å². The van der Waals surface area contributed by atoms with E-state index in [0.29, 0.717) is 6.42 Å². The molecule has 1 radical (unpaired) electrons. The van der Waals surface area contributed by atoms with E-state index in [9.17, 15) is 4.79 Å². The molecule has 0 unspecified atom stereocenters. The molecule has 0 aliphatic heterocycles. The van der Waals surface area contributed by atoms with Crippen molar-refractivity contribution in [3.63, 3.8) is 0 Å². The molecule has 8 heavy (non-hydrogen) atoms. The molecule has 0 spiro atoms. The van der Waals surface area contributed by atoms with Crippen LogP contribution >= 0.6 is 0 Å². The van der Waals surface area contributed by atoms with Crippen LogP contribution in [0.25, 0.3) is 5.53 Å². The Balaban J connectivity index is 0. The first kappa shape index (κ1) is 10.6. The van der Waals surface area contributed by atoms with Crippen LogP contribution in [-0.2, 0) is 25.2 Å². The van der Waals surface area contributed by atoms with Gasteiger partial charge in [-0.25, -0.2) is 4.79 Å². The fraction of sp³-hybridized carbons (Fsp3) is 0.500. The Bertz CT molecular complexity index is 117. The van der Waals surface area contributed by atoms with Crippen molar-refractivity contribution in [2.75, 3.05) is 0 Å². The van der Waals surface area contributed by atoms with Gasteiger partial charge in [0.15, 0.2) is 5.71 Å². The third-order valence-electron chi connectivity index (χ3n) is 0.573. The zero-order valence-corrected chi connectivity index (χ0v) is 7.10. The SMILES string of the molecule is CCC([C-]=O)=[N+]=[N-].[Re]. The largest absolute Gasteiger partial charge is 0.530 e. The summed E-state index contributed by atoms with van der Waals surface area (Å²) in [5.41, 5.74) is 7.91. The van der Waals surface area contributed by atoms with Gasteiger partial charge in [0, 0.05) is 26.8 Å². The van der Waals surface area contributed by atoms with Gasteiger partial charge < -0.3 is 10.3 Å². The molecule has 0 amide bonds. The van der Waals surface area contributed by atoms with Crippen LogP contribution in [0.2, 0.25) is 0 Å². The van der Waals surface area contributed by atoms with Gasteiger partial charge in [-0.2, -0.15) is 6.29 Å². The molecule has 0 saturated carbocycles. The van der Waals surface area contributed by atoms with Crippen molar-refractivity contribution in [3.05, 3.63) is 5.53 Å². The van der Waals surface area contributed by atoms with Crippen LogP contribution in [0.1, 0.15) is 13.3 Å². The van der Waals surface area contributed by atoms with Crippen LogP contribution in [-0.4, -0.2) is 16.8 Å². The number of carbonyl (C=O) groups excluding carboxylic acids is 1. The normalized spacial score (nSPS) is 6.12. The Labute approximate surface area is 61.4 Å². The van der Waals surface area contributed by atoms with E-state index >= 15 is 0 Å². The molecule has 0 saturated heterocycles. The van der Waals surface area contributed by atoms with Crippen LogP contribution in [0.4, 0.5) is 0 Å². The van der Waals surface area contributed by atoms with Crippen molar-refractivity contribution < 1.29 is 30.0 Å². The fourth-order valence-electron chi connectivity index (χ4n) is 0.163. The van der Waals surface area contributed by atoms with E-state index < -0.39 is 0 Å². The van der Waals surface area contributed by atoms with Crippen molar-refractivity contribution in [1.29, 1.82) is 0 Å². The molecule has 4 heteroatoms. The second-order valence-corrected chi connectivity index (χ2v) is 1.00. The molecular formula is C4H5N2ORe-. The number of hydrogen-bond acceptors (Lipinski definition) is 1. The Hall–Kier alpha value is -0.288. The Morgan fingerprint density at radius 3 is 2.38 bits per heavy atom. The maximum atomic E-state index is 9.55. The molecule has 0 aliphatic rings. The van der Waals surface area contributed by atoms with Gasteiger partial charge in [0.25, 0.3) is 0 Å². The molecule has 0 aromatic rings. The first-order valence-corrected chi connectivity index (χ1v) is 1.94. The summed E-state index contributed by atoms with van der Waals surface area (Å²) in [6.45, 7) is 1.71. The second kappa shape index (κ2) is 6.71. The zero-order chi connectivity index (χ0) is 5.70. The molecule has 3 nitrogen and oxygen atoms in total. The second-order valence-electron chi connectivity index (χ2n) is 1.00. The van der Waals surface area contributed by atoms with Crippen molar-refractivity contribution in [2.45, 2.75) is 13.3 Å². The molecule has 0 heterocycles. The third kappa shape index (κ3) is 3.89. The minimum atomic E-state index is 0. The minimum absolute atomic E-state index is 0. The molecule has 0 rings (SSSR count). The van der Waals surface area contributed by atoms with Gasteiger partial charge in [-0.3, -0.25) is 0 Å². The summed E-state index contributed by atoms with van der Waals surface area (Å²) in [6, 6.07) is 0. The van der Waals surface area contributed by atoms with E-state index in [0.717, 1.165) is 0 Å².